The molecule has 0 bridgehead atoms. The predicted octanol–water partition coefficient (Wildman–Crippen LogP) is 2.78. The number of hydrogen-bond donors (Lipinski definition) is 2. The van der Waals surface area contributed by atoms with Crippen molar-refractivity contribution >= 4 is 34.2 Å². The van der Waals surface area contributed by atoms with Crippen LogP contribution in [-0.4, -0.2) is 21.4 Å². The number of pyridine rings is 1. The zero-order valence-electron chi connectivity index (χ0n) is 12.8. The predicted molar refractivity (Wildman–Crippen MR) is 89.4 cm³/mol. The van der Waals surface area contributed by atoms with Crippen LogP contribution in [0.15, 0.2) is 48.8 Å². The van der Waals surface area contributed by atoms with Crippen molar-refractivity contribution in [2.24, 2.45) is 7.05 Å². The molecule has 0 unspecified atom stereocenters. The first kappa shape index (κ1) is 14.8. The van der Waals surface area contributed by atoms with Crippen LogP contribution in [0.25, 0.3) is 11.0 Å². The summed E-state index contributed by atoms with van der Waals surface area (Å²) in [4.78, 5) is 27.8. The van der Waals surface area contributed by atoms with Gasteiger partial charge in [-0.05, 0) is 36.4 Å². The van der Waals surface area contributed by atoms with Gasteiger partial charge >= 0.3 is 0 Å². The summed E-state index contributed by atoms with van der Waals surface area (Å²) in [6.45, 7) is 1.45. The number of aromatic nitrogens is 2. The molecule has 6 nitrogen and oxygen atoms in total. The molecule has 0 aliphatic carbocycles. The lowest BCUT2D eigenvalue weighted by molar-refractivity contribution is -0.114. The van der Waals surface area contributed by atoms with Gasteiger partial charge in [0, 0.05) is 43.1 Å². The van der Waals surface area contributed by atoms with Crippen LogP contribution in [0.4, 0.5) is 11.4 Å². The van der Waals surface area contributed by atoms with Gasteiger partial charge in [0.05, 0.1) is 5.56 Å². The number of fused-ring (bicyclic) bond motifs is 1. The lowest BCUT2D eigenvalue weighted by Gasteiger charge is -2.06. The minimum absolute atomic E-state index is 0.134. The quantitative estimate of drug-likeness (QED) is 0.781. The van der Waals surface area contributed by atoms with Crippen LogP contribution in [0.1, 0.15) is 17.3 Å². The Kier molecular flexibility index (Phi) is 3.80. The molecule has 6 heteroatoms. The van der Waals surface area contributed by atoms with Crippen molar-refractivity contribution in [3.8, 4) is 0 Å². The molecule has 0 fully saturated rings. The fourth-order valence-electron chi connectivity index (χ4n) is 2.43. The summed E-state index contributed by atoms with van der Waals surface area (Å²) in [7, 11) is 1.86. The fourth-order valence-corrected chi connectivity index (χ4v) is 2.43. The molecule has 0 aliphatic rings. The zero-order valence-corrected chi connectivity index (χ0v) is 12.8. The number of aryl methyl sites for hydroxylation is 1. The first-order chi connectivity index (χ1) is 11.0. The van der Waals surface area contributed by atoms with E-state index < -0.39 is 0 Å². The summed E-state index contributed by atoms with van der Waals surface area (Å²) in [5.74, 6) is -0.332. The molecular weight excluding hydrogens is 292 g/mol. The minimum atomic E-state index is -0.198. The smallest absolute Gasteiger partial charge is 0.257 e. The van der Waals surface area contributed by atoms with Gasteiger partial charge in [0.2, 0.25) is 5.91 Å². The standard InChI is InChI=1S/C17H16N4O2/c1-11(22)19-12-5-7-13(8-6-12)20-17(23)15-10-21(2)16-14(15)4-3-9-18-16/h3-10H,1-2H3,(H,19,22)(H,20,23). The van der Waals surface area contributed by atoms with E-state index >= 15 is 0 Å². The van der Waals surface area contributed by atoms with E-state index in [2.05, 4.69) is 15.6 Å². The van der Waals surface area contributed by atoms with E-state index in [1.807, 2.05) is 17.7 Å². The van der Waals surface area contributed by atoms with E-state index in [1.165, 1.54) is 6.92 Å². The van der Waals surface area contributed by atoms with E-state index in [1.54, 1.807) is 42.7 Å². The number of nitrogens with one attached hydrogen (secondary N) is 2. The molecule has 1 aromatic carbocycles. The van der Waals surface area contributed by atoms with Crippen LogP contribution in [-0.2, 0) is 11.8 Å². The van der Waals surface area contributed by atoms with E-state index in [-0.39, 0.29) is 11.8 Å². The summed E-state index contributed by atoms with van der Waals surface area (Å²) >= 11 is 0. The van der Waals surface area contributed by atoms with Gasteiger partial charge in [-0.15, -0.1) is 0 Å². The Morgan fingerprint density at radius 1 is 1.04 bits per heavy atom. The van der Waals surface area contributed by atoms with Gasteiger partial charge in [-0.25, -0.2) is 4.98 Å². The summed E-state index contributed by atoms with van der Waals surface area (Å²) in [5, 5.41) is 6.34. The second-order valence-electron chi connectivity index (χ2n) is 5.24. The SMILES string of the molecule is CC(=O)Nc1ccc(NC(=O)c2cn(C)c3ncccc23)cc1. The third-order valence-electron chi connectivity index (χ3n) is 3.44. The summed E-state index contributed by atoms with van der Waals surface area (Å²) < 4.78 is 1.82. The van der Waals surface area contributed by atoms with Crippen LogP contribution in [0.5, 0.6) is 0 Å². The van der Waals surface area contributed by atoms with Crippen molar-refractivity contribution in [3.63, 3.8) is 0 Å². The molecule has 0 saturated carbocycles. The van der Waals surface area contributed by atoms with Gasteiger partial charge in [0.25, 0.3) is 5.91 Å². The van der Waals surface area contributed by atoms with Crippen LogP contribution in [0.3, 0.4) is 0 Å². The minimum Gasteiger partial charge on any atom is -0.335 e. The molecule has 116 valence electrons. The highest BCUT2D eigenvalue weighted by molar-refractivity contribution is 6.12. The Morgan fingerprint density at radius 3 is 2.35 bits per heavy atom. The van der Waals surface area contributed by atoms with Crippen molar-refractivity contribution in [3.05, 3.63) is 54.4 Å². The Morgan fingerprint density at radius 2 is 1.70 bits per heavy atom. The molecule has 0 aliphatic heterocycles. The number of rotatable bonds is 3. The van der Waals surface area contributed by atoms with Crippen molar-refractivity contribution < 1.29 is 9.59 Å². The van der Waals surface area contributed by atoms with Crippen LogP contribution in [0, 0.1) is 0 Å². The molecule has 3 rings (SSSR count). The number of carbonyl (C=O) groups excluding carboxylic acids is 2. The van der Waals surface area contributed by atoms with Crippen molar-refractivity contribution in [1.82, 2.24) is 9.55 Å². The largest absolute Gasteiger partial charge is 0.335 e. The van der Waals surface area contributed by atoms with Gasteiger partial charge in [-0.3, -0.25) is 9.59 Å². The Bertz CT molecular complexity index is 881. The van der Waals surface area contributed by atoms with Crippen LogP contribution >= 0.6 is 0 Å². The molecule has 3 aromatic rings. The van der Waals surface area contributed by atoms with Gasteiger partial charge in [0.1, 0.15) is 5.65 Å². The number of nitrogens with zero attached hydrogens (tertiary/aromatic N) is 2. The summed E-state index contributed by atoms with van der Waals surface area (Å²) in [6.07, 6.45) is 3.46. The second kappa shape index (κ2) is 5.92. The van der Waals surface area contributed by atoms with Crippen LogP contribution in [0.2, 0.25) is 0 Å². The third kappa shape index (κ3) is 3.06. The van der Waals surface area contributed by atoms with Gasteiger partial charge in [-0.1, -0.05) is 0 Å². The van der Waals surface area contributed by atoms with Crippen molar-refractivity contribution in [2.45, 2.75) is 6.92 Å². The number of benzene rings is 1. The first-order valence-electron chi connectivity index (χ1n) is 7.13. The molecule has 2 amide bonds. The molecule has 2 heterocycles. The second-order valence-corrected chi connectivity index (χ2v) is 5.24. The number of amides is 2. The number of anilines is 2. The van der Waals surface area contributed by atoms with E-state index in [9.17, 15) is 9.59 Å². The zero-order chi connectivity index (χ0) is 16.4. The van der Waals surface area contributed by atoms with Crippen molar-refractivity contribution in [1.29, 1.82) is 0 Å². The lowest BCUT2D eigenvalue weighted by Crippen LogP contribution is -2.11. The Balaban J connectivity index is 1.82. The maximum absolute atomic E-state index is 12.5. The molecule has 0 atom stereocenters. The summed E-state index contributed by atoms with van der Waals surface area (Å²) in [6, 6.07) is 10.6. The molecular formula is C17H16N4O2. The maximum atomic E-state index is 12.5. The molecule has 23 heavy (non-hydrogen) atoms. The lowest BCUT2D eigenvalue weighted by atomic mass is 10.2. The Labute approximate surface area is 133 Å². The van der Waals surface area contributed by atoms with E-state index in [0.29, 0.717) is 16.9 Å². The highest BCUT2D eigenvalue weighted by Gasteiger charge is 2.14. The number of carbonyl (C=O) groups is 2. The molecule has 2 aromatic heterocycles. The fraction of sp³-hybridized carbons (Fsp3) is 0.118. The average Bonchev–Trinajstić information content (AvgIpc) is 2.86. The molecule has 2 N–H and O–H groups in total. The van der Waals surface area contributed by atoms with Crippen molar-refractivity contribution in [2.75, 3.05) is 10.6 Å². The van der Waals surface area contributed by atoms with E-state index in [4.69, 9.17) is 0 Å². The first-order valence-corrected chi connectivity index (χ1v) is 7.13. The molecule has 0 radical (unpaired) electrons. The van der Waals surface area contributed by atoms with E-state index in [0.717, 1.165) is 11.0 Å². The average molecular weight is 308 g/mol. The van der Waals surface area contributed by atoms with Crippen LogP contribution < -0.4 is 10.6 Å². The molecule has 0 saturated heterocycles. The van der Waals surface area contributed by atoms with Gasteiger partial charge in [-0.2, -0.15) is 0 Å². The number of hydrogen-bond acceptors (Lipinski definition) is 3. The topological polar surface area (TPSA) is 76.0 Å². The molecule has 0 spiro atoms. The third-order valence-corrected chi connectivity index (χ3v) is 3.44. The highest BCUT2D eigenvalue weighted by Crippen LogP contribution is 2.20. The van der Waals surface area contributed by atoms with Gasteiger partial charge in [0.15, 0.2) is 0 Å². The Hall–Kier alpha value is -3.15. The van der Waals surface area contributed by atoms with Gasteiger partial charge < -0.3 is 15.2 Å². The normalized spacial score (nSPS) is 10.5. The maximum Gasteiger partial charge on any atom is 0.257 e. The highest BCUT2D eigenvalue weighted by atomic mass is 16.2. The summed E-state index contributed by atoms with van der Waals surface area (Å²) in [5.41, 5.74) is 2.68. The monoisotopic (exact) mass is 308 g/mol.